The molecule has 1 amide bonds. The van der Waals surface area contributed by atoms with Crippen LogP contribution in [-0.2, 0) is 15.4 Å². The SMILES string of the molecule is CCOc1nc2[nH]cc(F)c2cc1Oc1cc(N2CCC3(CC2)CN([C@H]2CCC[C@H]2c2ccccc2C(C)(C)C)C3)ccc1C(=O)NS(=O)(=O)c1cnc(NCCCC[C@](C)(O)CC)c([N+](=O)[O-])c1. The molecule has 2 aliphatic heterocycles. The number of sulfonamides is 1. The van der Waals surface area contributed by atoms with E-state index in [1.165, 1.54) is 42.5 Å². The summed E-state index contributed by atoms with van der Waals surface area (Å²) in [4.78, 5) is 41.0. The van der Waals surface area contributed by atoms with Crippen molar-refractivity contribution in [3.05, 3.63) is 99.6 Å². The first-order valence-corrected chi connectivity index (χ1v) is 25.7. The van der Waals surface area contributed by atoms with Gasteiger partial charge in [0.1, 0.15) is 22.1 Å². The average Bonchev–Trinajstić information content (AvgIpc) is 3.94. The number of ether oxygens (including phenoxy) is 2. The van der Waals surface area contributed by atoms with Crippen LogP contribution < -0.4 is 24.4 Å². The van der Waals surface area contributed by atoms with Gasteiger partial charge in [0.05, 0.1) is 34.3 Å². The van der Waals surface area contributed by atoms with Gasteiger partial charge in [-0.25, -0.2) is 22.5 Å². The highest BCUT2D eigenvalue weighted by molar-refractivity contribution is 7.90. The Bertz CT molecular complexity index is 2800. The van der Waals surface area contributed by atoms with Gasteiger partial charge in [0, 0.05) is 68.8 Å². The zero-order valence-electron chi connectivity index (χ0n) is 40.4. The van der Waals surface area contributed by atoms with Crippen molar-refractivity contribution < 1.29 is 37.1 Å². The summed E-state index contributed by atoms with van der Waals surface area (Å²) in [5.74, 6) is -1.29. The summed E-state index contributed by atoms with van der Waals surface area (Å²) in [6.45, 7) is 16.4. The van der Waals surface area contributed by atoms with E-state index in [1.54, 1.807) is 26.0 Å². The van der Waals surface area contributed by atoms with Crippen LogP contribution in [0.5, 0.6) is 17.4 Å². The number of nitrogens with one attached hydrogen (secondary N) is 3. The molecule has 18 heteroatoms. The maximum Gasteiger partial charge on any atom is 0.312 e. The van der Waals surface area contributed by atoms with Gasteiger partial charge in [0.2, 0.25) is 5.82 Å². The number of likely N-dealkylation sites (tertiary alicyclic amines) is 1. The number of hydrogen-bond acceptors (Lipinski definition) is 13. The number of pyridine rings is 2. The van der Waals surface area contributed by atoms with Crippen LogP contribution >= 0.6 is 0 Å². The number of H-pyrrole nitrogens is 1. The monoisotopic (exact) mass is 968 g/mol. The molecule has 4 N–H and O–H groups in total. The number of nitrogens with zero attached hydrogens (tertiary/aromatic N) is 5. The number of rotatable bonds is 18. The zero-order chi connectivity index (χ0) is 49.3. The predicted octanol–water partition coefficient (Wildman–Crippen LogP) is 9.59. The van der Waals surface area contributed by atoms with Crippen molar-refractivity contribution in [2.24, 2.45) is 5.41 Å². The first-order chi connectivity index (χ1) is 32.8. The van der Waals surface area contributed by atoms with Crippen molar-refractivity contribution in [2.45, 2.75) is 127 Å². The number of hydrogen-bond donors (Lipinski definition) is 4. The number of carbonyl (C=O) groups is 1. The van der Waals surface area contributed by atoms with Gasteiger partial charge < -0.3 is 29.8 Å². The van der Waals surface area contributed by atoms with Gasteiger partial charge in [-0.05, 0) is 105 Å². The molecular formula is C51H65FN8O8S. The number of aromatic amines is 1. The van der Waals surface area contributed by atoms with Gasteiger partial charge >= 0.3 is 5.69 Å². The van der Waals surface area contributed by atoms with E-state index in [0.717, 1.165) is 63.2 Å². The molecule has 0 radical (unpaired) electrons. The molecule has 3 fully saturated rings. The molecule has 8 rings (SSSR count). The van der Waals surface area contributed by atoms with Crippen LogP contribution in [0, 0.1) is 21.3 Å². The summed E-state index contributed by atoms with van der Waals surface area (Å²) in [5, 5.41) is 25.4. The highest BCUT2D eigenvalue weighted by atomic mass is 32.2. The molecule has 5 heterocycles. The first-order valence-electron chi connectivity index (χ1n) is 24.2. The summed E-state index contributed by atoms with van der Waals surface area (Å²) in [7, 11) is -4.72. The van der Waals surface area contributed by atoms with Crippen LogP contribution in [0.1, 0.15) is 127 Å². The molecule has 2 aromatic carbocycles. The fourth-order valence-corrected chi connectivity index (χ4v) is 11.3. The summed E-state index contributed by atoms with van der Waals surface area (Å²) >= 11 is 0. The van der Waals surface area contributed by atoms with E-state index in [4.69, 9.17) is 9.47 Å². The first kappa shape index (κ1) is 49.6. The maximum atomic E-state index is 14.9. The van der Waals surface area contributed by atoms with Crippen molar-refractivity contribution >= 4 is 44.2 Å². The van der Waals surface area contributed by atoms with Crippen molar-refractivity contribution in [1.29, 1.82) is 0 Å². The highest BCUT2D eigenvalue weighted by Crippen LogP contribution is 2.49. The van der Waals surface area contributed by atoms with E-state index < -0.39 is 42.9 Å². The molecule has 3 atom stereocenters. The van der Waals surface area contributed by atoms with Gasteiger partial charge in [-0.3, -0.25) is 19.8 Å². The smallest absolute Gasteiger partial charge is 0.312 e. The minimum atomic E-state index is -4.72. The third-order valence-corrected chi connectivity index (χ3v) is 15.7. The number of nitro groups is 1. The lowest BCUT2D eigenvalue weighted by Gasteiger charge is -2.57. The second-order valence-corrected chi connectivity index (χ2v) is 22.0. The number of fused-ring (bicyclic) bond motifs is 1. The molecule has 16 nitrogen and oxygen atoms in total. The minimum Gasteiger partial charge on any atom is -0.475 e. The van der Waals surface area contributed by atoms with Gasteiger partial charge in [-0.15, -0.1) is 0 Å². The Morgan fingerprint density at radius 1 is 1.04 bits per heavy atom. The fraction of sp³-hybridized carbons (Fsp3) is 0.510. The summed E-state index contributed by atoms with van der Waals surface area (Å²) < 4.78 is 56.7. The normalized spacial score (nSPS) is 19.3. The Kier molecular flexibility index (Phi) is 14.3. The van der Waals surface area contributed by atoms with Gasteiger partial charge in [0.25, 0.3) is 21.8 Å². The Morgan fingerprint density at radius 3 is 2.51 bits per heavy atom. The van der Waals surface area contributed by atoms with Crippen molar-refractivity contribution in [2.75, 3.05) is 49.5 Å². The second-order valence-electron chi connectivity index (χ2n) is 20.3. The molecule has 5 aromatic rings. The lowest BCUT2D eigenvalue weighted by Crippen LogP contribution is -2.63. The lowest BCUT2D eigenvalue weighted by atomic mass is 9.70. The van der Waals surface area contributed by atoms with E-state index in [-0.39, 0.29) is 57.2 Å². The number of halogens is 1. The number of carbonyl (C=O) groups excluding carboxylic acids is 1. The quantitative estimate of drug-likeness (QED) is 0.0367. The number of unbranched alkanes of at least 4 members (excludes halogenated alkanes) is 1. The van der Waals surface area contributed by atoms with Crippen LogP contribution in [0.15, 0.2) is 71.9 Å². The highest BCUT2D eigenvalue weighted by Gasteiger charge is 2.49. The van der Waals surface area contributed by atoms with E-state index in [9.17, 15) is 32.8 Å². The zero-order valence-corrected chi connectivity index (χ0v) is 41.3. The molecule has 0 bridgehead atoms. The van der Waals surface area contributed by atoms with Crippen LogP contribution in [0.25, 0.3) is 11.0 Å². The van der Waals surface area contributed by atoms with E-state index >= 15 is 0 Å². The number of aromatic nitrogens is 3. The number of amides is 1. The summed E-state index contributed by atoms with van der Waals surface area (Å²) in [6.07, 6.45) is 10.0. The number of aliphatic hydroxyl groups is 1. The van der Waals surface area contributed by atoms with Crippen molar-refractivity contribution in [3.8, 4) is 17.4 Å². The summed E-state index contributed by atoms with van der Waals surface area (Å²) in [6, 6.07) is 16.6. The fourth-order valence-electron chi connectivity index (χ4n) is 10.3. The average molecular weight is 969 g/mol. The molecule has 0 unspecified atom stereocenters. The third kappa shape index (κ3) is 10.8. The van der Waals surface area contributed by atoms with Crippen molar-refractivity contribution in [3.63, 3.8) is 0 Å². The Morgan fingerprint density at radius 2 is 1.80 bits per heavy atom. The van der Waals surface area contributed by atoms with Crippen LogP contribution in [-0.4, -0.2) is 95.2 Å². The molecule has 2 saturated heterocycles. The Balaban J connectivity index is 1.00. The Labute approximate surface area is 403 Å². The van der Waals surface area contributed by atoms with Crippen LogP contribution in [0.4, 0.5) is 21.6 Å². The number of anilines is 2. The molecule has 3 aromatic heterocycles. The number of benzene rings is 2. The van der Waals surface area contributed by atoms with Crippen LogP contribution in [0.2, 0.25) is 0 Å². The van der Waals surface area contributed by atoms with E-state index in [0.29, 0.717) is 44.2 Å². The summed E-state index contributed by atoms with van der Waals surface area (Å²) in [5.41, 5.74) is 2.58. The van der Waals surface area contributed by atoms with E-state index in [2.05, 4.69) is 75.1 Å². The molecule has 1 spiro atoms. The molecule has 1 aliphatic carbocycles. The van der Waals surface area contributed by atoms with E-state index in [1.807, 2.05) is 11.6 Å². The molecule has 370 valence electrons. The molecule has 69 heavy (non-hydrogen) atoms. The second kappa shape index (κ2) is 19.9. The van der Waals surface area contributed by atoms with Crippen molar-refractivity contribution in [1.82, 2.24) is 24.6 Å². The predicted molar refractivity (Wildman–Crippen MR) is 264 cm³/mol. The lowest BCUT2D eigenvalue weighted by molar-refractivity contribution is -0.384. The van der Waals surface area contributed by atoms with Crippen LogP contribution in [0.3, 0.4) is 0 Å². The van der Waals surface area contributed by atoms with Gasteiger partial charge in [0.15, 0.2) is 5.75 Å². The molecule has 1 saturated carbocycles. The topological polar surface area (TPSA) is 205 Å². The standard InChI is InChI=1S/C51H65FN8O8S/c1-7-50(6,62)20-11-12-23-53-46-42(60(63)64)27-34(29-54-46)69(65,66)57-47(61)37-19-18-33(26-43(37)68-44-28-38-40(52)30-55-45(38)56-48(44)67-8-2)58-24-21-51(22-25-58)31-59(32-51)41-17-13-15-36(41)35-14-9-10-16-39(35)49(3,4)5/h9-10,14,16,18-19,26-30,36,41,62H,7-8,11-13,15,17,20-25,31-32H2,1-6H3,(H,53,54)(H,55,56)(H,57,61)/t36-,41-,50+/m0/s1. The van der Waals surface area contributed by atoms with Gasteiger partial charge in [-0.1, -0.05) is 58.4 Å². The number of piperidine rings is 1. The van der Waals surface area contributed by atoms with Gasteiger partial charge in [-0.2, -0.15) is 4.98 Å². The maximum absolute atomic E-state index is 14.9. The minimum absolute atomic E-state index is 0.00180. The molecule has 3 aliphatic rings. The molecular weight excluding hydrogens is 904 g/mol. The Hall–Kier alpha value is -5.85. The third-order valence-electron chi connectivity index (χ3n) is 14.4. The largest absolute Gasteiger partial charge is 0.475 e.